The van der Waals surface area contributed by atoms with Crippen LogP contribution in [-0.2, 0) is 6.54 Å². The zero-order valence-corrected chi connectivity index (χ0v) is 11.6. The topological polar surface area (TPSA) is 44.3 Å². The molecular formula is C11H21N5S. The van der Waals surface area contributed by atoms with E-state index in [0.717, 1.165) is 23.2 Å². The molecule has 17 heavy (non-hydrogen) atoms. The van der Waals surface area contributed by atoms with Crippen molar-refractivity contribution in [3.63, 3.8) is 0 Å². The van der Waals surface area contributed by atoms with E-state index < -0.39 is 0 Å². The first-order valence-electron chi connectivity index (χ1n) is 6.08. The van der Waals surface area contributed by atoms with Crippen LogP contribution in [0.5, 0.6) is 0 Å². The predicted molar refractivity (Wildman–Crippen MR) is 71.4 cm³/mol. The molecule has 2 rings (SSSR count). The van der Waals surface area contributed by atoms with Crippen molar-refractivity contribution < 1.29 is 0 Å². The fraction of sp³-hybridized carbons (Fsp3) is 0.818. The van der Waals surface area contributed by atoms with Gasteiger partial charge in [0, 0.05) is 19.6 Å². The van der Waals surface area contributed by atoms with Gasteiger partial charge in [0.1, 0.15) is 5.01 Å². The Morgan fingerprint density at radius 3 is 2.94 bits per heavy atom. The summed E-state index contributed by atoms with van der Waals surface area (Å²) in [5, 5.41) is 13.3. The van der Waals surface area contributed by atoms with E-state index in [4.69, 9.17) is 0 Å². The molecule has 0 spiro atoms. The minimum Gasteiger partial charge on any atom is -0.363 e. The van der Waals surface area contributed by atoms with Crippen molar-refractivity contribution >= 4 is 16.5 Å². The normalized spacial score (nSPS) is 21.3. The van der Waals surface area contributed by atoms with Crippen molar-refractivity contribution in [2.75, 3.05) is 39.5 Å². The first kappa shape index (κ1) is 12.7. The van der Waals surface area contributed by atoms with E-state index in [-0.39, 0.29) is 0 Å². The number of nitrogens with zero attached hydrogens (tertiary/aromatic N) is 4. The molecule has 1 N–H and O–H groups in total. The molecule has 2 heterocycles. The number of likely N-dealkylation sites (tertiary alicyclic amines) is 1. The van der Waals surface area contributed by atoms with Crippen LogP contribution in [0.25, 0.3) is 0 Å². The van der Waals surface area contributed by atoms with Gasteiger partial charge in [-0.05, 0) is 33.5 Å². The van der Waals surface area contributed by atoms with Gasteiger partial charge in [-0.25, -0.2) is 0 Å². The zero-order chi connectivity index (χ0) is 12.3. The van der Waals surface area contributed by atoms with Gasteiger partial charge in [0.2, 0.25) is 5.13 Å². The lowest BCUT2D eigenvalue weighted by Gasteiger charge is -2.25. The smallest absolute Gasteiger partial charge is 0.205 e. The molecule has 1 atom stereocenters. The number of hydrogen-bond donors (Lipinski definition) is 1. The number of anilines is 1. The Labute approximate surface area is 107 Å². The summed E-state index contributed by atoms with van der Waals surface area (Å²) in [4.78, 5) is 4.79. The molecule has 0 saturated carbocycles. The van der Waals surface area contributed by atoms with Crippen molar-refractivity contribution in [1.29, 1.82) is 0 Å². The van der Waals surface area contributed by atoms with Crippen LogP contribution in [0.2, 0.25) is 0 Å². The summed E-state index contributed by atoms with van der Waals surface area (Å²) in [6.07, 6.45) is 2.60. The van der Waals surface area contributed by atoms with Gasteiger partial charge in [-0.15, -0.1) is 10.2 Å². The lowest BCUT2D eigenvalue weighted by atomic mass is 10.2. The van der Waals surface area contributed by atoms with Crippen molar-refractivity contribution in [3.8, 4) is 0 Å². The van der Waals surface area contributed by atoms with Crippen LogP contribution in [0.4, 0.5) is 5.13 Å². The van der Waals surface area contributed by atoms with E-state index in [2.05, 4.69) is 39.4 Å². The summed E-state index contributed by atoms with van der Waals surface area (Å²) in [5.74, 6) is 0. The second kappa shape index (κ2) is 5.75. The third kappa shape index (κ3) is 3.37. The molecular weight excluding hydrogens is 234 g/mol. The van der Waals surface area contributed by atoms with Crippen LogP contribution in [0.1, 0.15) is 17.8 Å². The molecule has 1 aliphatic heterocycles. The first-order chi connectivity index (χ1) is 8.19. The van der Waals surface area contributed by atoms with E-state index in [1.165, 1.54) is 19.4 Å². The number of likely N-dealkylation sites (N-methyl/N-ethyl adjacent to an activating group) is 1. The molecule has 1 fully saturated rings. The number of hydrogen-bond acceptors (Lipinski definition) is 6. The van der Waals surface area contributed by atoms with Crippen LogP contribution < -0.4 is 5.32 Å². The van der Waals surface area contributed by atoms with E-state index in [0.29, 0.717) is 6.04 Å². The molecule has 0 bridgehead atoms. The van der Waals surface area contributed by atoms with Crippen LogP contribution in [0.3, 0.4) is 0 Å². The molecule has 5 nitrogen and oxygen atoms in total. The van der Waals surface area contributed by atoms with Crippen LogP contribution in [-0.4, -0.2) is 60.3 Å². The lowest BCUT2D eigenvalue weighted by Crippen LogP contribution is -2.37. The zero-order valence-electron chi connectivity index (χ0n) is 10.8. The number of rotatable bonds is 5. The third-order valence-corrected chi connectivity index (χ3v) is 4.02. The molecule has 1 aromatic heterocycles. The van der Waals surface area contributed by atoms with Gasteiger partial charge in [0.25, 0.3) is 0 Å². The fourth-order valence-corrected chi connectivity index (χ4v) is 3.04. The van der Waals surface area contributed by atoms with Crippen molar-refractivity contribution in [3.05, 3.63) is 5.01 Å². The van der Waals surface area contributed by atoms with Gasteiger partial charge in [-0.2, -0.15) is 0 Å². The highest BCUT2D eigenvalue weighted by Crippen LogP contribution is 2.23. The highest BCUT2D eigenvalue weighted by Gasteiger charge is 2.25. The molecule has 0 amide bonds. The molecule has 1 unspecified atom stereocenters. The predicted octanol–water partition coefficient (Wildman–Crippen LogP) is 1.11. The van der Waals surface area contributed by atoms with E-state index in [1.54, 1.807) is 11.3 Å². The van der Waals surface area contributed by atoms with Gasteiger partial charge >= 0.3 is 0 Å². The Kier molecular flexibility index (Phi) is 4.31. The SMILES string of the molecule is CNc1nnc(CN2CCCC2CN(C)C)s1. The summed E-state index contributed by atoms with van der Waals surface area (Å²) in [6.45, 7) is 3.27. The molecule has 0 aliphatic carbocycles. The van der Waals surface area contributed by atoms with Gasteiger partial charge in [-0.1, -0.05) is 11.3 Å². The van der Waals surface area contributed by atoms with Crippen molar-refractivity contribution in [2.45, 2.75) is 25.4 Å². The van der Waals surface area contributed by atoms with Crippen molar-refractivity contribution in [1.82, 2.24) is 20.0 Å². The summed E-state index contributed by atoms with van der Waals surface area (Å²) in [5.41, 5.74) is 0. The molecule has 6 heteroatoms. The van der Waals surface area contributed by atoms with Gasteiger partial charge in [0.15, 0.2) is 0 Å². The largest absolute Gasteiger partial charge is 0.363 e. The maximum Gasteiger partial charge on any atom is 0.205 e. The summed E-state index contributed by atoms with van der Waals surface area (Å²) < 4.78 is 0. The van der Waals surface area contributed by atoms with E-state index >= 15 is 0 Å². The highest BCUT2D eigenvalue weighted by molar-refractivity contribution is 7.15. The molecule has 1 aliphatic rings. The number of aromatic nitrogens is 2. The second-order valence-corrected chi connectivity index (χ2v) is 5.84. The van der Waals surface area contributed by atoms with Crippen LogP contribution >= 0.6 is 11.3 Å². The molecule has 0 radical (unpaired) electrons. The fourth-order valence-electron chi connectivity index (χ4n) is 2.32. The summed E-state index contributed by atoms with van der Waals surface area (Å²) in [7, 11) is 6.16. The lowest BCUT2D eigenvalue weighted by molar-refractivity contribution is 0.200. The van der Waals surface area contributed by atoms with Gasteiger partial charge in [-0.3, -0.25) is 4.90 Å². The minimum atomic E-state index is 0.673. The average Bonchev–Trinajstić information content (AvgIpc) is 2.89. The minimum absolute atomic E-state index is 0.673. The first-order valence-corrected chi connectivity index (χ1v) is 6.89. The quantitative estimate of drug-likeness (QED) is 0.854. The molecule has 96 valence electrons. The summed E-state index contributed by atoms with van der Waals surface area (Å²) in [6, 6.07) is 0.673. The Balaban J connectivity index is 1.92. The Morgan fingerprint density at radius 1 is 1.47 bits per heavy atom. The monoisotopic (exact) mass is 255 g/mol. The Hall–Kier alpha value is -0.720. The van der Waals surface area contributed by atoms with Crippen molar-refractivity contribution in [2.24, 2.45) is 0 Å². The Bertz CT molecular complexity index is 351. The van der Waals surface area contributed by atoms with Crippen LogP contribution in [0, 0.1) is 0 Å². The number of nitrogens with one attached hydrogen (secondary N) is 1. The molecule has 0 aromatic carbocycles. The average molecular weight is 255 g/mol. The van der Waals surface area contributed by atoms with Crippen LogP contribution in [0.15, 0.2) is 0 Å². The van der Waals surface area contributed by atoms with Gasteiger partial charge in [0.05, 0.1) is 6.54 Å². The maximum absolute atomic E-state index is 4.21. The summed E-state index contributed by atoms with van der Waals surface area (Å²) >= 11 is 1.65. The van der Waals surface area contributed by atoms with Gasteiger partial charge < -0.3 is 10.2 Å². The Morgan fingerprint density at radius 2 is 2.29 bits per heavy atom. The molecule has 1 aromatic rings. The van der Waals surface area contributed by atoms with E-state index in [1.807, 2.05) is 7.05 Å². The second-order valence-electron chi connectivity index (χ2n) is 4.78. The maximum atomic E-state index is 4.21. The standard InChI is InChI=1S/C11H21N5S/c1-12-11-14-13-10(17-11)8-16-6-4-5-9(16)7-15(2)3/h9H,4-8H2,1-3H3,(H,12,14). The third-order valence-electron chi connectivity index (χ3n) is 3.09. The highest BCUT2D eigenvalue weighted by atomic mass is 32.1. The van der Waals surface area contributed by atoms with E-state index in [9.17, 15) is 0 Å². The molecule has 1 saturated heterocycles.